The highest BCUT2D eigenvalue weighted by atomic mass is 15.1. The van der Waals surface area contributed by atoms with Crippen molar-refractivity contribution in [3.63, 3.8) is 0 Å². The van der Waals surface area contributed by atoms with Crippen LogP contribution in [0.2, 0.25) is 0 Å². The monoisotopic (exact) mass is 180 g/mol. The lowest BCUT2D eigenvalue weighted by Crippen LogP contribution is -2.12. The quantitative estimate of drug-likeness (QED) is 0.710. The SMILES string of the molecule is CCNCc1cnc(NCC)nc1. The van der Waals surface area contributed by atoms with Crippen LogP contribution in [0.25, 0.3) is 0 Å². The Bertz CT molecular complexity index is 232. The van der Waals surface area contributed by atoms with Crippen LogP contribution in [0.4, 0.5) is 5.95 Å². The van der Waals surface area contributed by atoms with Gasteiger partial charge in [-0.05, 0) is 13.5 Å². The maximum absolute atomic E-state index is 4.16. The summed E-state index contributed by atoms with van der Waals surface area (Å²) in [6, 6.07) is 0. The molecule has 4 nitrogen and oxygen atoms in total. The van der Waals surface area contributed by atoms with Crippen LogP contribution in [0.3, 0.4) is 0 Å². The van der Waals surface area contributed by atoms with Gasteiger partial charge < -0.3 is 10.6 Å². The molecular formula is C9H16N4. The van der Waals surface area contributed by atoms with Gasteiger partial charge in [0.25, 0.3) is 0 Å². The van der Waals surface area contributed by atoms with Crippen LogP contribution in [0.15, 0.2) is 12.4 Å². The van der Waals surface area contributed by atoms with E-state index in [4.69, 9.17) is 0 Å². The molecular weight excluding hydrogens is 164 g/mol. The highest BCUT2D eigenvalue weighted by Crippen LogP contribution is 1.98. The van der Waals surface area contributed by atoms with E-state index in [9.17, 15) is 0 Å². The number of nitrogens with zero attached hydrogens (tertiary/aromatic N) is 2. The number of hydrogen-bond donors (Lipinski definition) is 2. The van der Waals surface area contributed by atoms with E-state index in [2.05, 4.69) is 27.5 Å². The van der Waals surface area contributed by atoms with Crippen LogP contribution in [0, 0.1) is 0 Å². The van der Waals surface area contributed by atoms with Crippen molar-refractivity contribution in [2.24, 2.45) is 0 Å². The Morgan fingerprint density at radius 2 is 1.85 bits per heavy atom. The van der Waals surface area contributed by atoms with Crippen molar-refractivity contribution in [3.8, 4) is 0 Å². The average Bonchev–Trinajstić information content (AvgIpc) is 2.17. The predicted molar refractivity (Wildman–Crippen MR) is 53.6 cm³/mol. The molecule has 1 aromatic heterocycles. The van der Waals surface area contributed by atoms with Gasteiger partial charge in [0.2, 0.25) is 5.95 Å². The summed E-state index contributed by atoms with van der Waals surface area (Å²) in [5.74, 6) is 0.697. The lowest BCUT2D eigenvalue weighted by Gasteiger charge is -2.03. The number of hydrogen-bond acceptors (Lipinski definition) is 4. The molecule has 0 aliphatic rings. The molecule has 0 saturated heterocycles. The van der Waals surface area contributed by atoms with Gasteiger partial charge in [0.1, 0.15) is 0 Å². The van der Waals surface area contributed by atoms with Crippen LogP contribution >= 0.6 is 0 Å². The third-order valence-electron chi connectivity index (χ3n) is 1.62. The van der Waals surface area contributed by atoms with E-state index in [0.29, 0.717) is 5.95 Å². The maximum atomic E-state index is 4.16. The Morgan fingerprint density at radius 3 is 2.38 bits per heavy atom. The van der Waals surface area contributed by atoms with Crippen molar-refractivity contribution in [1.29, 1.82) is 0 Å². The minimum atomic E-state index is 0.697. The van der Waals surface area contributed by atoms with Gasteiger partial charge in [-0.15, -0.1) is 0 Å². The molecule has 0 saturated carbocycles. The predicted octanol–water partition coefficient (Wildman–Crippen LogP) is 1.02. The van der Waals surface area contributed by atoms with Gasteiger partial charge >= 0.3 is 0 Å². The molecule has 1 heterocycles. The summed E-state index contributed by atoms with van der Waals surface area (Å²) in [6.45, 7) is 6.76. The molecule has 0 spiro atoms. The highest BCUT2D eigenvalue weighted by Gasteiger charge is 1.94. The zero-order valence-electron chi connectivity index (χ0n) is 8.17. The van der Waals surface area contributed by atoms with Crippen LogP contribution in [0.1, 0.15) is 19.4 Å². The summed E-state index contributed by atoms with van der Waals surface area (Å²) in [5, 5.41) is 6.26. The van der Waals surface area contributed by atoms with E-state index in [1.807, 2.05) is 19.3 Å². The minimum absolute atomic E-state index is 0.697. The van der Waals surface area contributed by atoms with Gasteiger partial charge in [0.15, 0.2) is 0 Å². The molecule has 0 aromatic carbocycles. The number of rotatable bonds is 5. The second-order valence-corrected chi connectivity index (χ2v) is 2.73. The molecule has 0 radical (unpaired) electrons. The molecule has 13 heavy (non-hydrogen) atoms. The Balaban J connectivity index is 2.48. The fourth-order valence-electron chi connectivity index (χ4n) is 0.965. The van der Waals surface area contributed by atoms with Gasteiger partial charge in [-0.1, -0.05) is 6.92 Å². The van der Waals surface area contributed by atoms with Crippen LogP contribution in [0.5, 0.6) is 0 Å². The average molecular weight is 180 g/mol. The number of anilines is 1. The van der Waals surface area contributed by atoms with Crippen molar-refractivity contribution >= 4 is 5.95 Å². The first-order valence-electron chi connectivity index (χ1n) is 4.62. The maximum Gasteiger partial charge on any atom is 0.222 e. The summed E-state index contributed by atoms with van der Waals surface area (Å²) in [6.07, 6.45) is 3.68. The molecule has 0 fully saturated rings. The van der Waals surface area contributed by atoms with Crippen LogP contribution in [-0.4, -0.2) is 23.1 Å². The van der Waals surface area contributed by atoms with Gasteiger partial charge in [-0.25, -0.2) is 9.97 Å². The Hall–Kier alpha value is -1.16. The van der Waals surface area contributed by atoms with Crippen molar-refractivity contribution in [2.45, 2.75) is 20.4 Å². The first-order valence-corrected chi connectivity index (χ1v) is 4.62. The smallest absolute Gasteiger partial charge is 0.222 e. The van der Waals surface area contributed by atoms with E-state index >= 15 is 0 Å². The first kappa shape index (κ1) is 9.92. The van der Waals surface area contributed by atoms with Crippen LogP contribution < -0.4 is 10.6 Å². The van der Waals surface area contributed by atoms with Crippen molar-refractivity contribution in [1.82, 2.24) is 15.3 Å². The third kappa shape index (κ3) is 3.38. The van der Waals surface area contributed by atoms with E-state index in [0.717, 1.165) is 25.2 Å². The lowest BCUT2D eigenvalue weighted by atomic mass is 10.3. The van der Waals surface area contributed by atoms with Crippen molar-refractivity contribution in [2.75, 3.05) is 18.4 Å². The summed E-state index contributed by atoms with van der Waals surface area (Å²) in [5.41, 5.74) is 1.11. The van der Waals surface area contributed by atoms with Crippen molar-refractivity contribution in [3.05, 3.63) is 18.0 Å². The molecule has 0 unspecified atom stereocenters. The Morgan fingerprint density at radius 1 is 1.15 bits per heavy atom. The topological polar surface area (TPSA) is 49.8 Å². The second-order valence-electron chi connectivity index (χ2n) is 2.73. The van der Waals surface area contributed by atoms with Gasteiger partial charge in [-0.3, -0.25) is 0 Å². The van der Waals surface area contributed by atoms with Gasteiger partial charge in [-0.2, -0.15) is 0 Å². The highest BCUT2D eigenvalue weighted by molar-refractivity contribution is 5.24. The zero-order valence-corrected chi connectivity index (χ0v) is 8.17. The molecule has 1 rings (SSSR count). The normalized spacial score (nSPS) is 10.0. The van der Waals surface area contributed by atoms with E-state index in [1.54, 1.807) is 0 Å². The minimum Gasteiger partial charge on any atom is -0.355 e. The molecule has 0 bridgehead atoms. The third-order valence-corrected chi connectivity index (χ3v) is 1.62. The Labute approximate surface area is 78.8 Å². The number of nitrogens with one attached hydrogen (secondary N) is 2. The van der Waals surface area contributed by atoms with E-state index in [-0.39, 0.29) is 0 Å². The molecule has 0 aliphatic carbocycles. The summed E-state index contributed by atoms with van der Waals surface area (Å²) in [4.78, 5) is 8.32. The Kier molecular flexibility index (Phi) is 4.18. The molecule has 1 aromatic rings. The molecule has 0 amide bonds. The molecule has 2 N–H and O–H groups in total. The molecule has 72 valence electrons. The standard InChI is InChI=1S/C9H16N4/c1-3-10-5-8-6-12-9(11-4-2)13-7-8/h6-7,10H,3-5H2,1-2H3,(H,11,12,13). The van der Waals surface area contributed by atoms with Crippen LogP contribution in [-0.2, 0) is 6.54 Å². The number of aromatic nitrogens is 2. The van der Waals surface area contributed by atoms with E-state index < -0.39 is 0 Å². The van der Waals surface area contributed by atoms with Gasteiger partial charge in [0, 0.05) is 31.0 Å². The van der Waals surface area contributed by atoms with Crippen molar-refractivity contribution < 1.29 is 0 Å². The first-order chi connectivity index (χ1) is 6.36. The fraction of sp³-hybridized carbons (Fsp3) is 0.556. The second kappa shape index (κ2) is 5.48. The summed E-state index contributed by atoms with van der Waals surface area (Å²) < 4.78 is 0. The lowest BCUT2D eigenvalue weighted by molar-refractivity contribution is 0.721. The van der Waals surface area contributed by atoms with E-state index in [1.165, 1.54) is 0 Å². The van der Waals surface area contributed by atoms with Gasteiger partial charge in [0.05, 0.1) is 0 Å². The fourth-order valence-corrected chi connectivity index (χ4v) is 0.965. The largest absolute Gasteiger partial charge is 0.355 e. The molecule has 4 heteroatoms. The molecule has 0 aliphatic heterocycles. The summed E-state index contributed by atoms with van der Waals surface area (Å²) >= 11 is 0. The zero-order chi connectivity index (χ0) is 9.52. The summed E-state index contributed by atoms with van der Waals surface area (Å²) in [7, 11) is 0. The molecule has 0 atom stereocenters.